The minimum atomic E-state index is -0.0690. The summed E-state index contributed by atoms with van der Waals surface area (Å²) < 4.78 is 5.65. The van der Waals surface area contributed by atoms with E-state index in [4.69, 9.17) is 4.74 Å². The first kappa shape index (κ1) is 10.4. The fraction of sp³-hybridized carbons (Fsp3) is 0.900. The Balaban J connectivity index is 1.89. The molecule has 1 saturated heterocycles. The smallest absolute Gasteiger partial charge is 0.236 e. The van der Waals surface area contributed by atoms with E-state index >= 15 is 0 Å². The molecule has 3 nitrogen and oxygen atoms in total. The van der Waals surface area contributed by atoms with Crippen molar-refractivity contribution in [2.75, 3.05) is 19.7 Å². The second-order valence-corrected chi connectivity index (χ2v) is 5.52. The van der Waals surface area contributed by atoms with Crippen LogP contribution in [0, 0.1) is 5.92 Å². The monoisotopic (exact) mass is 261 g/mol. The summed E-state index contributed by atoms with van der Waals surface area (Å²) in [6, 6.07) is 0. The van der Waals surface area contributed by atoms with Crippen LogP contribution in [-0.2, 0) is 9.53 Å². The first-order chi connectivity index (χ1) is 6.68. The molecule has 14 heavy (non-hydrogen) atoms. The highest BCUT2D eigenvalue weighted by atomic mass is 79.9. The Kier molecular flexibility index (Phi) is 3.12. The molecule has 1 amide bonds. The minimum absolute atomic E-state index is 0.0690. The molecular formula is C10H16BrNO2. The van der Waals surface area contributed by atoms with Crippen molar-refractivity contribution in [3.05, 3.63) is 0 Å². The summed E-state index contributed by atoms with van der Waals surface area (Å²) in [5, 5.41) is 0. The van der Waals surface area contributed by atoms with E-state index in [-0.39, 0.29) is 10.7 Å². The molecule has 1 aliphatic carbocycles. The third-order valence-corrected chi connectivity index (χ3v) is 3.28. The van der Waals surface area contributed by atoms with E-state index < -0.39 is 0 Å². The topological polar surface area (TPSA) is 29.5 Å². The van der Waals surface area contributed by atoms with E-state index in [1.807, 2.05) is 11.8 Å². The lowest BCUT2D eigenvalue weighted by Crippen LogP contribution is -2.48. The Hall–Kier alpha value is -0.0900. The molecule has 1 saturated carbocycles. The summed E-state index contributed by atoms with van der Waals surface area (Å²) >= 11 is 3.32. The lowest BCUT2D eigenvalue weighted by Gasteiger charge is -2.33. The van der Waals surface area contributed by atoms with Crippen LogP contribution in [0.2, 0.25) is 0 Å². The van der Waals surface area contributed by atoms with Crippen LogP contribution in [0.4, 0.5) is 0 Å². The van der Waals surface area contributed by atoms with Gasteiger partial charge in [-0.3, -0.25) is 4.79 Å². The average molecular weight is 262 g/mol. The van der Waals surface area contributed by atoms with Crippen molar-refractivity contribution in [3.8, 4) is 0 Å². The molecule has 0 bridgehead atoms. The number of amides is 1. The Bertz CT molecular complexity index is 228. The van der Waals surface area contributed by atoms with Crippen molar-refractivity contribution in [2.24, 2.45) is 5.92 Å². The highest BCUT2D eigenvalue weighted by Crippen LogP contribution is 2.35. The Morgan fingerprint density at radius 1 is 1.57 bits per heavy atom. The molecule has 4 heteroatoms. The molecule has 0 radical (unpaired) electrons. The molecule has 0 N–H and O–H groups in total. The van der Waals surface area contributed by atoms with Crippen molar-refractivity contribution in [3.63, 3.8) is 0 Å². The lowest BCUT2D eigenvalue weighted by molar-refractivity contribution is -0.138. The van der Waals surface area contributed by atoms with E-state index in [2.05, 4.69) is 15.9 Å². The number of ether oxygens (including phenoxy) is 1. The number of hydrogen-bond donors (Lipinski definition) is 0. The summed E-state index contributed by atoms with van der Waals surface area (Å²) in [6.45, 7) is 4.12. The zero-order valence-corrected chi connectivity index (χ0v) is 10.00. The Morgan fingerprint density at radius 3 is 2.86 bits per heavy atom. The first-order valence-corrected chi connectivity index (χ1v) is 6.14. The molecule has 80 valence electrons. The van der Waals surface area contributed by atoms with E-state index in [1.54, 1.807) is 0 Å². The van der Waals surface area contributed by atoms with Gasteiger partial charge in [0.1, 0.15) is 0 Å². The molecule has 2 unspecified atom stereocenters. The van der Waals surface area contributed by atoms with Gasteiger partial charge in [0.2, 0.25) is 5.91 Å². The number of hydrogen-bond acceptors (Lipinski definition) is 2. The lowest BCUT2D eigenvalue weighted by atomic mass is 10.2. The molecular weight excluding hydrogens is 246 g/mol. The highest BCUT2D eigenvalue weighted by molar-refractivity contribution is 9.10. The van der Waals surface area contributed by atoms with Gasteiger partial charge in [0.05, 0.1) is 17.5 Å². The molecule has 2 atom stereocenters. The summed E-state index contributed by atoms with van der Waals surface area (Å²) in [5.74, 6) is 0.912. The number of halogens is 1. The Labute approximate surface area is 92.9 Å². The average Bonchev–Trinajstić information content (AvgIpc) is 3.00. The van der Waals surface area contributed by atoms with Gasteiger partial charge in [-0.15, -0.1) is 0 Å². The number of alkyl halides is 1. The molecule has 1 heterocycles. The van der Waals surface area contributed by atoms with Gasteiger partial charge in [-0.1, -0.05) is 15.9 Å². The van der Waals surface area contributed by atoms with Crippen LogP contribution < -0.4 is 0 Å². The molecule has 1 aliphatic heterocycles. The molecule has 0 aromatic carbocycles. The van der Waals surface area contributed by atoms with Gasteiger partial charge in [0.15, 0.2) is 0 Å². The number of nitrogens with zero attached hydrogens (tertiary/aromatic N) is 1. The van der Waals surface area contributed by atoms with Crippen molar-refractivity contribution >= 4 is 21.8 Å². The molecule has 0 aromatic heterocycles. The van der Waals surface area contributed by atoms with E-state index in [9.17, 15) is 4.79 Å². The van der Waals surface area contributed by atoms with Crippen LogP contribution in [0.3, 0.4) is 0 Å². The standard InChI is InChI=1S/C10H16BrNO2/c1-7(11)10(13)12-4-5-14-9(6-12)8-2-3-8/h7-9H,2-6H2,1H3. The van der Waals surface area contributed by atoms with Crippen LogP contribution in [0.5, 0.6) is 0 Å². The predicted octanol–water partition coefficient (Wildman–Crippen LogP) is 1.41. The van der Waals surface area contributed by atoms with Crippen LogP contribution in [0.15, 0.2) is 0 Å². The molecule has 2 rings (SSSR count). The SMILES string of the molecule is CC(Br)C(=O)N1CCOC(C2CC2)C1. The van der Waals surface area contributed by atoms with Crippen molar-refractivity contribution in [1.82, 2.24) is 4.90 Å². The molecule has 0 aromatic rings. The summed E-state index contributed by atoms with van der Waals surface area (Å²) in [6.07, 6.45) is 2.85. The fourth-order valence-corrected chi connectivity index (χ4v) is 2.17. The largest absolute Gasteiger partial charge is 0.374 e. The van der Waals surface area contributed by atoms with Gasteiger partial charge in [-0.25, -0.2) is 0 Å². The second-order valence-electron chi connectivity index (χ2n) is 4.15. The minimum Gasteiger partial charge on any atom is -0.374 e. The maximum absolute atomic E-state index is 11.7. The number of carbonyl (C=O) groups excluding carboxylic acids is 1. The zero-order valence-electron chi connectivity index (χ0n) is 8.41. The van der Waals surface area contributed by atoms with Crippen LogP contribution in [0.1, 0.15) is 19.8 Å². The van der Waals surface area contributed by atoms with Gasteiger partial charge >= 0.3 is 0 Å². The van der Waals surface area contributed by atoms with E-state index in [1.165, 1.54) is 12.8 Å². The Morgan fingerprint density at radius 2 is 2.29 bits per heavy atom. The third-order valence-electron chi connectivity index (χ3n) is 2.89. The van der Waals surface area contributed by atoms with Crippen molar-refractivity contribution < 1.29 is 9.53 Å². The van der Waals surface area contributed by atoms with Crippen LogP contribution in [-0.4, -0.2) is 41.4 Å². The first-order valence-electron chi connectivity index (χ1n) is 5.23. The maximum Gasteiger partial charge on any atom is 0.236 e. The molecule has 2 fully saturated rings. The summed E-state index contributed by atoms with van der Waals surface area (Å²) in [4.78, 5) is 13.6. The summed E-state index contributed by atoms with van der Waals surface area (Å²) in [7, 11) is 0. The molecule has 2 aliphatic rings. The van der Waals surface area contributed by atoms with Gasteiger partial charge in [-0.05, 0) is 25.7 Å². The number of rotatable bonds is 2. The molecule has 0 spiro atoms. The normalized spacial score (nSPS) is 30.1. The van der Waals surface area contributed by atoms with Crippen molar-refractivity contribution in [1.29, 1.82) is 0 Å². The number of carbonyl (C=O) groups is 1. The van der Waals surface area contributed by atoms with Gasteiger partial charge in [-0.2, -0.15) is 0 Å². The number of morpholine rings is 1. The predicted molar refractivity (Wildman–Crippen MR) is 57.4 cm³/mol. The van der Waals surface area contributed by atoms with Gasteiger partial charge < -0.3 is 9.64 Å². The maximum atomic E-state index is 11.7. The highest BCUT2D eigenvalue weighted by Gasteiger charge is 2.36. The van der Waals surface area contributed by atoms with Crippen LogP contribution >= 0.6 is 15.9 Å². The zero-order chi connectivity index (χ0) is 10.1. The summed E-state index contributed by atoms with van der Waals surface area (Å²) in [5.41, 5.74) is 0. The van der Waals surface area contributed by atoms with Gasteiger partial charge in [0, 0.05) is 13.1 Å². The van der Waals surface area contributed by atoms with Crippen LogP contribution in [0.25, 0.3) is 0 Å². The van der Waals surface area contributed by atoms with Crippen molar-refractivity contribution in [2.45, 2.75) is 30.7 Å². The van der Waals surface area contributed by atoms with E-state index in [0.29, 0.717) is 12.7 Å². The quantitative estimate of drug-likeness (QED) is 0.704. The second kappa shape index (κ2) is 4.19. The fourth-order valence-electron chi connectivity index (χ4n) is 1.88. The third kappa shape index (κ3) is 2.28. The van der Waals surface area contributed by atoms with Gasteiger partial charge in [0.25, 0.3) is 0 Å². The van der Waals surface area contributed by atoms with E-state index in [0.717, 1.165) is 19.0 Å².